The van der Waals surface area contributed by atoms with Crippen LogP contribution < -0.4 is 4.74 Å². The Hall–Kier alpha value is -0.610. The van der Waals surface area contributed by atoms with Crippen LogP contribution >= 0.6 is 31.9 Å². The van der Waals surface area contributed by atoms with Crippen LogP contribution in [0.4, 0.5) is 0 Å². The van der Waals surface area contributed by atoms with Crippen molar-refractivity contribution in [1.82, 2.24) is 0 Å². The fourth-order valence-corrected chi connectivity index (χ4v) is 3.94. The molecule has 0 heterocycles. The van der Waals surface area contributed by atoms with Crippen molar-refractivity contribution in [1.29, 1.82) is 0 Å². The molecule has 0 aromatic heterocycles. The Morgan fingerprint density at radius 3 is 2.26 bits per heavy atom. The van der Waals surface area contributed by atoms with Crippen LogP contribution in [0, 0.1) is 11.3 Å². The summed E-state index contributed by atoms with van der Waals surface area (Å²) >= 11 is 7.13. The van der Waals surface area contributed by atoms with Crippen molar-refractivity contribution in [3.05, 3.63) is 35.9 Å². The topological polar surface area (TPSA) is 26.3 Å². The molecule has 0 spiro atoms. The largest absolute Gasteiger partial charge is 0.497 e. The van der Waals surface area contributed by atoms with E-state index in [2.05, 4.69) is 38.8 Å². The third-order valence-corrected chi connectivity index (χ3v) is 7.09. The van der Waals surface area contributed by atoms with Gasteiger partial charge in [-0.2, -0.15) is 0 Å². The van der Waals surface area contributed by atoms with Gasteiger partial charge in [0.05, 0.1) is 15.8 Å². The molecular formula is C15H16Br2O2. The maximum Gasteiger partial charge on any atom is 0.164 e. The van der Waals surface area contributed by atoms with Gasteiger partial charge in [0.25, 0.3) is 0 Å². The van der Waals surface area contributed by atoms with Gasteiger partial charge in [-0.05, 0) is 36.6 Å². The van der Waals surface area contributed by atoms with Gasteiger partial charge in [-0.3, -0.25) is 4.79 Å². The standard InChI is InChI=1S/C15H16Br2O2/c1-10-14(2,15(10,16)17)13(18)9-6-11-4-7-12(19-3)8-5-11/h4-10H,1-3H3/b9-6+. The third-order valence-electron chi connectivity index (χ3n) is 4.07. The van der Waals surface area contributed by atoms with Crippen LogP contribution in [-0.4, -0.2) is 16.1 Å². The van der Waals surface area contributed by atoms with E-state index >= 15 is 0 Å². The fourth-order valence-electron chi connectivity index (χ4n) is 2.17. The van der Waals surface area contributed by atoms with Gasteiger partial charge < -0.3 is 4.74 Å². The Kier molecular flexibility index (Phi) is 3.94. The minimum Gasteiger partial charge on any atom is -0.497 e. The maximum absolute atomic E-state index is 12.3. The first-order valence-electron chi connectivity index (χ1n) is 6.08. The molecule has 102 valence electrons. The Morgan fingerprint density at radius 2 is 1.84 bits per heavy atom. The van der Waals surface area contributed by atoms with E-state index in [9.17, 15) is 4.79 Å². The number of carbonyl (C=O) groups excluding carboxylic acids is 1. The monoisotopic (exact) mass is 386 g/mol. The van der Waals surface area contributed by atoms with Gasteiger partial charge in [-0.1, -0.05) is 57.0 Å². The van der Waals surface area contributed by atoms with Crippen LogP contribution in [-0.2, 0) is 4.79 Å². The lowest BCUT2D eigenvalue weighted by molar-refractivity contribution is -0.119. The minimum absolute atomic E-state index is 0.129. The predicted molar refractivity (Wildman–Crippen MR) is 84.9 cm³/mol. The number of methoxy groups -OCH3 is 1. The Bertz CT molecular complexity index is 519. The molecule has 2 rings (SSSR count). The van der Waals surface area contributed by atoms with E-state index in [1.165, 1.54) is 0 Å². The van der Waals surface area contributed by atoms with Crippen LogP contribution in [0.15, 0.2) is 30.3 Å². The highest BCUT2D eigenvalue weighted by atomic mass is 79.9. The van der Waals surface area contributed by atoms with Crippen LogP contribution in [0.5, 0.6) is 5.75 Å². The third kappa shape index (κ3) is 2.40. The molecule has 19 heavy (non-hydrogen) atoms. The second-order valence-corrected chi connectivity index (χ2v) is 8.58. The number of ketones is 1. The number of ether oxygens (including phenoxy) is 1. The smallest absolute Gasteiger partial charge is 0.164 e. The zero-order valence-corrected chi connectivity index (χ0v) is 14.3. The van der Waals surface area contributed by atoms with Crippen molar-refractivity contribution >= 4 is 43.7 Å². The molecule has 0 saturated heterocycles. The maximum atomic E-state index is 12.3. The first kappa shape index (κ1) is 14.8. The van der Waals surface area contributed by atoms with Crippen molar-refractivity contribution in [2.24, 2.45) is 11.3 Å². The average molecular weight is 388 g/mol. The Labute approximate surface area is 130 Å². The number of benzene rings is 1. The summed E-state index contributed by atoms with van der Waals surface area (Å²) in [6.45, 7) is 4.03. The van der Waals surface area contributed by atoms with Gasteiger partial charge in [0, 0.05) is 0 Å². The summed E-state index contributed by atoms with van der Waals surface area (Å²) < 4.78 is 4.83. The summed E-state index contributed by atoms with van der Waals surface area (Å²) in [6, 6.07) is 7.61. The van der Waals surface area contributed by atoms with Gasteiger partial charge >= 0.3 is 0 Å². The van der Waals surface area contributed by atoms with Gasteiger partial charge in [0.1, 0.15) is 5.75 Å². The Balaban J connectivity index is 2.09. The summed E-state index contributed by atoms with van der Waals surface area (Å²) in [6.07, 6.45) is 3.50. The van der Waals surface area contributed by atoms with Gasteiger partial charge in [-0.25, -0.2) is 0 Å². The molecule has 0 amide bonds. The van der Waals surface area contributed by atoms with Crippen molar-refractivity contribution in [3.8, 4) is 5.75 Å². The minimum atomic E-state index is -0.379. The summed E-state index contributed by atoms with van der Waals surface area (Å²) in [5.74, 6) is 1.21. The Morgan fingerprint density at radius 1 is 1.32 bits per heavy atom. The zero-order valence-electron chi connectivity index (χ0n) is 11.1. The fraction of sp³-hybridized carbons (Fsp3) is 0.400. The molecule has 4 heteroatoms. The molecule has 1 aliphatic rings. The van der Waals surface area contributed by atoms with Crippen molar-refractivity contribution in [2.75, 3.05) is 7.11 Å². The summed E-state index contributed by atoms with van der Waals surface area (Å²) in [4.78, 5) is 12.3. The van der Waals surface area contributed by atoms with Crippen molar-refractivity contribution in [3.63, 3.8) is 0 Å². The summed E-state index contributed by atoms with van der Waals surface area (Å²) in [5, 5.41) is 0. The highest BCUT2D eigenvalue weighted by Gasteiger charge is 2.72. The number of carbonyl (C=O) groups is 1. The molecule has 1 saturated carbocycles. The molecule has 1 fully saturated rings. The molecule has 2 unspecified atom stereocenters. The first-order chi connectivity index (χ1) is 8.84. The lowest BCUT2D eigenvalue weighted by Gasteiger charge is -2.07. The molecule has 0 N–H and O–H groups in total. The van der Waals surface area contributed by atoms with Crippen LogP contribution in [0.2, 0.25) is 0 Å². The second kappa shape index (κ2) is 5.06. The average Bonchev–Trinajstić information content (AvgIpc) is 2.81. The predicted octanol–water partition coefficient (Wildman–Crippen LogP) is 4.42. The molecule has 0 bridgehead atoms. The molecule has 1 aromatic rings. The highest BCUT2D eigenvalue weighted by Crippen LogP contribution is 2.71. The number of alkyl halides is 2. The zero-order chi connectivity index (χ0) is 14.3. The molecular weight excluding hydrogens is 372 g/mol. The quantitative estimate of drug-likeness (QED) is 0.564. The number of hydrogen-bond acceptors (Lipinski definition) is 2. The SMILES string of the molecule is COc1ccc(/C=C/C(=O)C2(C)C(C)C2(Br)Br)cc1. The van der Waals surface area contributed by atoms with Crippen LogP contribution in [0.3, 0.4) is 0 Å². The van der Waals surface area contributed by atoms with E-state index in [1.54, 1.807) is 13.2 Å². The molecule has 0 radical (unpaired) electrons. The molecule has 0 aliphatic heterocycles. The first-order valence-corrected chi connectivity index (χ1v) is 7.67. The highest BCUT2D eigenvalue weighted by molar-refractivity contribution is 9.25. The van der Waals surface area contributed by atoms with E-state index in [-0.39, 0.29) is 20.3 Å². The van der Waals surface area contributed by atoms with E-state index in [1.807, 2.05) is 37.3 Å². The van der Waals surface area contributed by atoms with E-state index in [0.717, 1.165) is 11.3 Å². The van der Waals surface area contributed by atoms with Gasteiger partial charge in [-0.15, -0.1) is 0 Å². The van der Waals surface area contributed by atoms with Crippen molar-refractivity contribution in [2.45, 2.75) is 17.1 Å². The lowest BCUT2D eigenvalue weighted by atomic mass is 10.00. The van der Waals surface area contributed by atoms with E-state index in [4.69, 9.17) is 4.74 Å². The van der Waals surface area contributed by atoms with Gasteiger partial charge in [0.2, 0.25) is 0 Å². The summed E-state index contributed by atoms with van der Waals surface area (Å²) in [7, 11) is 1.63. The van der Waals surface area contributed by atoms with E-state index in [0.29, 0.717) is 0 Å². The summed E-state index contributed by atoms with van der Waals surface area (Å²) in [5.41, 5.74) is 0.608. The molecule has 2 atom stereocenters. The van der Waals surface area contributed by atoms with Crippen molar-refractivity contribution < 1.29 is 9.53 Å². The van der Waals surface area contributed by atoms with Crippen LogP contribution in [0.1, 0.15) is 19.4 Å². The van der Waals surface area contributed by atoms with Crippen LogP contribution in [0.25, 0.3) is 6.08 Å². The number of halogens is 2. The lowest BCUT2D eigenvalue weighted by Crippen LogP contribution is -2.15. The second-order valence-electron chi connectivity index (χ2n) is 5.02. The normalized spacial score (nSPS) is 28.4. The molecule has 1 aromatic carbocycles. The molecule has 2 nitrogen and oxygen atoms in total. The number of allylic oxidation sites excluding steroid dienone is 1. The number of rotatable bonds is 4. The molecule has 1 aliphatic carbocycles. The number of hydrogen-bond donors (Lipinski definition) is 0. The van der Waals surface area contributed by atoms with Gasteiger partial charge in [0.15, 0.2) is 5.78 Å². The van der Waals surface area contributed by atoms with E-state index < -0.39 is 0 Å².